The van der Waals surface area contributed by atoms with E-state index < -0.39 is 5.91 Å². The Morgan fingerprint density at radius 3 is 2.88 bits per heavy atom. The van der Waals surface area contributed by atoms with Crippen molar-refractivity contribution in [2.24, 2.45) is 0 Å². The quantitative estimate of drug-likeness (QED) is 0.784. The summed E-state index contributed by atoms with van der Waals surface area (Å²) in [6, 6.07) is 13.0. The number of para-hydroxylation sites is 3. The van der Waals surface area contributed by atoms with Crippen LogP contribution in [0.25, 0.3) is 10.9 Å². The topological polar surface area (TPSA) is 60.3 Å². The minimum absolute atomic E-state index is 0.155. The van der Waals surface area contributed by atoms with E-state index in [4.69, 9.17) is 4.74 Å². The summed E-state index contributed by atoms with van der Waals surface area (Å²) in [4.78, 5) is 25.7. The fourth-order valence-corrected chi connectivity index (χ4v) is 3.56. The van der Waals surface area contributed by atoms with Gasteiger partial charge in [0.2, 0.25) is 5.43 Å². The highest BCUT2D eigenvalue weighted by molar-refractivity contribution is 6.06. The lowest BCUT2D eigenvalue weighted by Crippen LogP contribution is -2.25. The molecule has 0 saturated heterocycles. The molecule has 2 heterocycles. The van der Waals surface area contributed by atoms with E-state index in [1.54, 1.807) is 24.4 Å². The first-order chi connectivity index (χ1) is 12.7. The molecule has 1 aliphatic rings. The lowest BCUT2D eigenvalue weighted by atomic mass is 9.99. The van der Waals surface area contributed by atoms with E-state index in [0.717, 1.165) is 24.9 Å². The summed E-state index contributed by atoms with van der Waals surface area (Å²) in [6.07, 6.45) is 3.65. The van der Waals surface area contributed by atoms with Crippen molar-refractivity contribution in [3.63, 3.8) is 0 Å². The molecule has 26 heavy (non-hydrogen) atoms. The standard InChI is InChI=1S/C21H20N2O3/c1-2-26-18-11-4-3-10-17(18)22-21(25)16-13-23-12-6-8-14-7-5-9-15(19(14)23)20(16)24/h3-5,7,9-11,13H,2,6,8,12H2,1H3,(H,22,25). The normalized spacial score (nSPS) is 12.8. The summed E-state index contributed by atoms with van der Waals surface area (Å²) < 4.78 is 7.57. The zero-order valence-electron chi connectivity index (χ0n) is 14.6. The number of carbonyl (C=O) groups excluding carboxylic acids is 1. The first-order valence-electron chi connectivity index (χ1n) is 8.87. The number of hydrogen-bond donors (Lipinski definition) is 1. The Balaban J connectivity index is 1.77. The van der Waals surface area contributed by atoms with Gasteiger partial charge < -0.3 is 14.6 Å². The Kier molecular flexibility index (Phi) is 4.21. The van der Waals surface area contributed by atoms with Gasteiger partial charge in [0.15, 0.2) is 0 Å². The Labute approximate surface area is 151 Å². The van der Waals surface area contributed by atoms with Gasteiger partial charge in [-0.05, 0) is 43.5 Å². The van der Waals surface area contributed by atoms with Crippen LogP contribution in [0.1, 0.15) is 29.3 Å². The van der Waals surface area contributed by atoms with Crippen LogP contribution >= 0.6 is 0 Å². The summed E-state index contributed by atoms with van der Waals surface area (Å²) in [5.74, 6) is 0.177. The van der Waals surface area contributed by atoms with Crippen molar-refractivity contribution in [3.8, 4) is 5.75 Å². The number of carbonyl (C=O) groups is 1. The van der Waals surface area contributed by atoms with Crippen molar-refractivity contribution in [1.29, 1.82) is 0 Å². The molecular formula is C21H20N2O3. The van der Waals surface area contributed by atoms with Gasteiger partial charge in [-0.3, -0.25) is 9.59 Å². The highest BCUT2D eigenvalue weighted by atomic mass is 16.5. The zero-order chi connectivity index (χ0) is 18.1. The third kappa shape index (κ3) is 2.75. The van der Waals surface area contributed by atoms with Crippen molar-refractivity contribution in [2.45, 2.75) is 26.3 Å². The monoisotopic (exact) mass is 348 g/mol. The van der Waals surface area contributed by atoms with E-state index in [1.807, 2.05) is 29.7 Å². The molecule has 3 aromatic rings. The summed E-state index contributed by atoms with van der Waals surface area (Å²) in [5, 5.41) is 3.43. The predicted octanol–water partition coefficient (Wildman–Crippen LogP) is 3.60. The molecule has 4 rings (SSSR count). The molecule has 5 heteroatoms. The summed E-state index contributed by atoms with van der Waals surface area (Å²) in [7, 11) is 0. The van der Waals surface area contributed by atoms with Gasteiger partial charge >= 0.3 is 0 Å². The van der Waals surface area contributed by atoms with Gasteiger partial charge in [-0.1, -0.05) is 24.3 Å². The molecule has 2 aromatic carbocycles. The highest BCUT2D eigenvalue weighted by Gasteiger charge is 2.20. The largest absolute Gasteiger partial charge is 0.492 e. The van der Waals surface area contributed by atoms with Gasteiger partial charge in [-0.2, -0.15) is 0 Å². The van der Waals surface area contributed by atoms with E-state index in [9.17, 15) is 9.59 Å². The Hall–Kier alpha value is -3.08. The Morgan fingerprint density at radius 1 is 1.19 bits per heavy atom. The van der Waals surface area contributed by atoms with Crippen LogP contribution in [0.4, 0.5) is 5.69 Å². The number of benzene rings is 2. The lowest BCUT2D eigenvalue weighted by Gasteiger charge is -2.20. The second-order valence-electron chi connectivity index (χ2n) is 6.37. The number of nitrogens with one attached hydrogen (secondary N) is 1. The Morgan fingerprint density at radius 2 is 2.04 bits per heavy atom. The van der Waals surface area contributed by atoms with Gasteiger partial charge in [-0.25, -0.2) is 0 Å². The second-order valence-corrected chi connectivity index (χ2v) is 6.37. The van der Waals surface area contributed by atoms with Gasteiger partial charge in [0, 0.05) is 18.1 Å². The molecule has 0 spiro atoms. The number of aromatic nitrogens is 1. The zero-order valence-corrected chi connectivity index (χ0v) is 14.6. The number of ether oxygens (including phenoxy) is 1. The van der Waals surface area contributed by atoms with Crippen LogP contribution < -0.4 is 15.5 Å². The number of anilines is 1. The second kappa shape index (κ2) is 6.67. The average molecular weight is 348 g/mol. The molecule has 0 bridgehead atoms. The molecule has 0 unspecified atom stereocenters. The average Bonchev–Trinajstić information content (AvgIpc) is 2.66. The summed E-state index contributed by atoms with van der Waals surface area (Å²) >= 11 is 0. The summed E-state index contributed by atoms with van der Waals surface area (Å²) in [5.41, 5.74) is 2.61. The molecule has 1 aliphatic heterocycles. The highest BCUT2D eigenvalue weighted by Crippen LogP contribution is 2.26. The fraction of sp³-hybridized carbons (Fsp3) is 0.238. The fourth-order valence-electron chi connectivity index (χ4n) is 3.56. The number of amides is 1. The maximum atomic E-state index is 12.9. The molecule has 0 fully saturated rings. The number of nitrogens with zero attached hydrogens (tertiary/aromatic N) is 1. The number of pyridine rings is 1. The number of rotatable bonds is 4. The number of hydrogen-bond acceptors (Lipinski definition) is 3. The van der Waals surface area contributed by atoms with E-state index in [1.165, 1.54) is 5.56 Å². The molecule has 0 aliphatic carbocycles. The van der Waals surface area contributed by atoms with Gasteiger partial charge in [0.25, 0.3) is 5.91 Å². The van der Waals surface area contributed by atoms with Crippen molar-refractivity contribution in [1.82, 2.24) is 4.57 Å². The minimum Gasteiger partial charge on any atom is -0.492 e. The first kappa shape index (κ1) is 16.4. The smallest absolute Gasteiger partial charge is 0.261 e. The van der Waals surface area contributed by atoms with Crippen LogP contribution in [-0.4, -0.2) is 17.1 Å². The SMILES string of the molecule is CCOc1ccccc1NC(=O)c1cn2c3c(cccc3c1=O)CCC2. The van der Waals surface area contributed by atoms with E-state index in [-0.39, 0.29) is 11.0 Å². The van der Waals surface area contributed by atoms with Crippen LogP contribution in [0.3, 0.4) is 0 Å². The molecule has 0 saturated carbocycles. The van der Waals surface area contributed by atoms with E-state index in [2.05, 4.69) is 11.4 Å². The first-order valence-corrected chi connectivity index (χ1v) is 8.87. The lowest BCUT2D eigenvalue weighted by molar-refractivity contribution is 0.102. The molecule has 1 aromatic heterocycles. The van der Waals surface area contributed by atoms with Gasteiger partial charge in [0.05, 0.1) is 17.8 Å². The molecular weight excluding hydrogens is 328 g/mol. The molecule has 0 atom stereocenters. The van der Waals surface area contributed by atoms with Crippen molar-refractivity contribution in [3.05, 3.63) is 70.0 Å². The minimum atomic E-state index is -0.413. The van der Waals surface area contributed by atoms with Crippen molar-refractivity contribution >= 4 is 22.5 Å². The van der Waals surface area contributed by atoms with Gasteiger partial charge in [0.1, 0.15) is 11.3 Å². The summed E-state index contributed by atoms with van der Waals surface area (Å²) in [6.45, 7) is 3.19. The van der Waals surface area contributed by atoms with Gasteiger partial charge in [-0.15, -0.1) is 0 Å². The molecule has 5 nitrogen and oxygen atoms in total. The maximum Gasteiger partial charge on any atom is 0.261 e. The number of aryl methyl sites for hydroxylation is 2. The van der Waals surface area contributed by atoms with Crippen LogP contribution in [0.15, 0.2) is 53.5 Å². The predicted molar refractivity (Wildman–Crippen MR) is 102 cm³/mol. The van der Waals surface area contributed by atoms with E-state index in [0.29, 0.717) is 23.4 Å². The van der Waals surface area contributed by atoms with Crippen LogP contribution in [0, 0.1) is 0 Å². The van der Waals surface area contributed by atoms with Crippen LogP contribution in [0.2, 0.25) is 0 Å². The molecule has 1 amide bonds. The van der Waals surface area contributed by atoms with Crippen molar-refractivity contribution in [2.75, 3.05) is 11.9 Å². The van der Waals surface area contributed by atoms with E-state index >= 15 is 0 Å². The molecule has 0 radical (unpaired) electrons. The van der Waals surface area contributed by atoms with Crippen molar-refractivity contribution < 1.29 is 9.53 Å². The maximum absolute atomic E-state index is 12.9. The molecule has 1 N–H and O–H groups in total. The molecule has 132 valence electrons. The third-order valence-corrected chi connectivity index (χ3v) is 4.71. The Bertz CT molecular complexity index is 1050. The van der Waals surface area contributed by atoms with Crippen LogP contribution in [0.5, 0.6) is 5.75 Å². The third-order valence-electron chi connectivity index (χ3n) is 4.71. The van der Waals surface area contributed by atoms with Crippen LogP contribution in [-0.2, 0) is 13.0 Å².